The lowest BCUT2D eigenvalue weighted by Crippen LogP contribution is -2.37. The van der Waals surface area contributed by atoms with Crippen LogP contribution in [0.2, 0.25) is 0 Å². The molecule has 0 spiro atoms. The fraction of sp³-hybridized carbons (Fsp3) is 0.538. The molecule has 9 heteroatoms. The summed E-state index contributed by atoms with van der Waals surface area (Å²) >= 11 is 0. The zero-order chi connectivity index (χ0) is 17.1. The van der Waals surface area contributed by atoms with Crippen LogP contribution in [0.1, 0.15) is 26.0 Å². The van der Waals surface area contributed by atoms with E-state index in [0.717, 1.165) is 16.9 Å². The van der Waals surface area contributed by atoms with Gasteiger partial charge in [-0.1, -0.05) is 13.8 Å². The molecular formula is C13H15F6N3. The minimum Gasteiger partial charge on any atom is -0.247 e. The van der Waals surface area contributed by atoms with Crippen molar-refractivity contribution in [2.45, 2.75) is 45.8 Å². The van der Waals surface area contributed by atoms with E-state index in [1.807, 2.05) is 13.8 Å². The number of alkyl halides is 5. The van der Waals surface area contributed by atoms with Crippen LogP contribution in [0.3, 0.4) is 0 Å². The second-order valence-electron chi connectivity index (χ2n) is 4.29. The van der Waals surface area contributed by atoms with Gasteiger partial charge in [0, 0.05) is 18.4 Å². The number of hydrogen-bond donors (Lipinski definition) is 0. The zero-order valence-corrected chi connectivity index (χ0v) is 12.2. The number of nitrogens with zero attached hydrogens (tertiary/aromatic N) is 3. The maximum atomic E-state index is 13.0. The lowest BCUT2D eigenvalue weighted by molar-refractivity contribution is -0.285. The molecule has 0 fully saturated rings. The van der Waals surface area contributed by atoms with Gasteiger partial charge in [0.2, 0.25) is 0 Å². The van der Waals surface area contributed by atoms with E-state index in [4.69, 9.17) is 0 Å². The molecule has 124 valence electrons. The third-order valence-corrected chi connectivity index (χ3v) is 2.79. The minimum atomic E-state index is -5.61. The van der Waals surface area contributed by atoms with E-state index in [-0.39, 0.29) is 11.0 Å². The maximum absolute atomic E-state index is 13.0. The molecule has 0 bridgehead atoms. The van der Waals surface area contributed by atoms with Crippen molar-refractivity contribution in [1.29, 1.82) is 0 Å². The van der Waals surface area contributed by atoms with Crippen molar-refractivity contribution in [2.75, 3.05) is 0 Å². The highest BCUT2D eigenvalue weighted by atomic mass is 19.4. The van der Waals surface area contributed by atoms with Gasteiger partial charge in [-0.15, -0.1) is 0 Å². The van der Waals surface area contributed by atoms with Crippen LogP contribution in [-0.4, -0.2) is 26.9 Å². The normalized spacial score (nSPS) is 12.2. The summed E-state index contributed by atoms with van der Waals surface area (Å²) < 4.78 is 75.8. The first-order chi connectivity index (χ1) is 10.1. The van der Waals surface area contributed by atoms with E-state index < -0.39 is 30.9 Å². The zero-order valence-electron chi connectivity index (χ0n) is 12.2. The number of aryl methyl sites for hydroxylation is 2. The molecule has 0 aliphatic rings. The summed E-state index contributed by atoms with van der Waals surface area (Å²) in [6.45, 7) is 4.82. The average Bonchev–Trinajstić information content (AvgIpc) is 2.74. The molecule has 0 radical (unpaired) electrons. The Balaban J connectivity index is 0.00000116. The molecule has 0 aliphatic carbocycles. The van der Waals surface area contributed by atoms with Gasteiger partial charge in [0.05, 0.1) is 11.9 Å². The van der Waals surface area contributed by atoms with Crippen molar-refractivity contribution in [1.82, 2.24) is 14.8 Å². The van der Waals surface area contributed by atoms with Gasteiger partial charge in [-0.3, -0.25) is 0 Å². The molecule has 0 atom stereocenters. The maximum Gasteiger partial charge on any atom is 0.453 e. The first-order valence-corrected chi connectivity index (χ1v) is 6.55. The molecule has 2 aromatic rings. The van der Waals surface area contributed by atoms with Crippen molar-refractivity contribution >= 4 is 11.0 Å². The van der Waals surface area contributed by atoms with Crippen LogP contribution in [0.15, 0.2) is 12.3 Å². The third kappa shape index (κ3) is 3.69. The smallest absolute Gasteiger partial charge is 0.247 e. The Kier molecular flexibility index (Phi) is 5.42. The Morgan fingerprint density at radius 3 is 2.27 bits per heavy atom. The third-order valence-electron chi connectivity index (χ3n) is 2.79. The SMILES string of the molecule is CC.Cc1nn(CCC(F)(F)C(F)(F)F)c2ncc(F)cc12. The minimum absolute atomic E-state index is 0.0712. The standard InChI is InChI=1S/C11H9F6N3.C2H6/c1-6-8-4-7(12)5-18-9(8)20(19-6)3-2-10(13,14)11(15,16)17;1-2/h4-5H,2-3H2,1H3;1-2H3. The van der Waals surface area contributed by atoms with Gasteiger partial charge in [-0.05, 0) is 13.0 Å². The summed E-state index contributed by atoms with van der Waals surface area (Å²) in [7, 11) is 0. The van der Waals surface area contributed by atoms with E-state index >= 15 is 0 Å². The summed E-state index contributed by atoms with van der Waals surface area (Å²) in [5.74, 6) is -5.44. The molecule has 2 heterocycles. The van der Waals surface area contributed by atoms with Crippen LogP contribution in [0.5, 0.6) is 0 Å². The number of halogens is 6. The monoisotopic (exact) mass is 327 g/mol. The molecule has 0 aromatic carbocycles. The van der Waals surface area contributed by atoms with Crippen molar-refractivity contribution in [3.8, 4) is 0 Å². The molecule has 22 heavy (non-hydrogen) atoms. The second-order valence-corrected chi connectivity index (χ2v) is 4.29. The van der Waals surface area contributed by atoms with Crippen LogP contribution in [0.4, 0.5) is 26.3 Å². The van der Waals surface area contributed by atoms with E-state index in [2.05, 4.69) is 10.1 Å². The molecule has 2 rings (SSSR count). The van der Waals surface area contributed by atoms with Crippen molar-refractivity contribution in [2.24, 2.45) is 0 Å². The summed E-state index contributed by atoms with van der Waals surface area (Å²) in [5.41, 5.74) is 0.379. The van der Waals surface area contributed by atoms with Crippen LogP contribution < -0.4 is 0 Å². The quantitative estimate of drug-likeness (QED) is 0.778. The molecular weight excluding hydrogens is 312 g/mol. The summed E-state index contributed by atoms with van der Waals surface area (Å²) in [6, 6.07) is 1.10. The van der Waals surface area contributed by atoms with Gasteiger partial charge in [0.1, 0.15) is 5.82 Å². The Morgan fingerprint density at radius 1 is 1.14 bits per heavy atom. The van der Waals surface area contributed by atoms with Crippen molar-refractivity contribution in [3.05, 3.63) is 23.8 Å². The molecule has 0 N–H and O–H groups in total. The molecule has 0 amide bonds. The summed E-state index contributed by atoms with van der Waals surface area (Å²) in [6.07, 6.45) is -6.21. The highest BCUT2D eigenvalue weighted by Gasteiger charge is 2.56. The topological polar surface area (TPSA) is 30.7 Å². The van der Waals surface area contributed by atoms with Gasteiger partial charge in [-0.2, -0.15) is 27.1 Å². The first-order valence-electron chi connectivity index (χ1n) is 6.55. The van der Waals surface area contributed by atoms with E-state index in [1.54, 1.807) is 0 Å². The number of aromatic nitrogens is 3. The molecule has 3 nitrogen and oxygen atoms in total. The van der Waals surface area contributed by atoms with Gasteiger partial charge < -0.3 is 0 Å². The number of pyridine rings is 1. The van der Waals surface area contributed by atoms with E-state index in [9.17, 15) is 26.3 Å². The second kappa shape index (κ2) is 6.53. The lowest BCUT2D eigenvalue weighted by Gasteiger charge is -2.19. The Morgan fingerprint density at radius 2 is 1.73 bits per heavy atom. The van der Waals surface area contributed by atoms with Crippen LogP contribution >= 0.6 is 0 Å². The van der Waals surface area contributed by atoms with Gasteiger partial charge in [0.15, 0.2) is 5.65 Å². The molecule has 0 saturated heterocycles. The highest BCUT2D eigenvalue weighted by Crippen LogP contribution is 2.38. The summed E-state index contributed by atoms with van der Waals surface area (Å²) in [5, 5.41) is 4.08. The van der Waals surface area contributed by atoms with Gasteiger partial charge >= 0.3 is 12.1 Å². The van der Waals surface area contributed by atoms with Crippen molar-refractivity contribution in [3.63, 3.8) is 0 Å². The average molecular weight is 327 g/mol. The molecule has 0 saturated carbocycles. The first kappa shape index (κ1) is 18.2. The van der Waals surface area contributed by atoms with Crippen LogP contribution in [0.25, 0.3) is 11.0 Å². The molecule has 2 aromatic heterocycles. The van der Waals surface area contributed by atoms with Crippen LogP contribution in [0, 0.1) is 12.7 Å². The summed E-state index contributed by atoms with van der Waals surface area (Å²) in [4.78, 5) is 3.66. The lowest BCUT2D eigenvalue weighted by atomic mass is 10.2. The Hall–Kier alpha value is -1.80. The van der Waals surface area contributed by atoms with Crippen LogP contribution in [-0.2, 0) is 6.54 Å². The van der Waals surface area contributed by atoms with E-state index in [0.29, 0.717) is 5.69 Å². The fourth-order valence-corrected chi connectivity index (χ4v) is 1.73. The Labute approximate surface area is 122 Å². The largest absolute Gasteiger partial charge is 0.453 e. The number of fused-ring (bicyclic) bond motifs is 1. The predicted octanol–water partition coefficient (Wildman–Crippen LogP) is 4.49. The van der Waals surface area contributed by atoms with E-state index in [1.165, 1.54) is 6.92 Å². The predicted molar refractivity (Wildman–Crippen MR) is 69.2 cm³/mol. The van der Waals surface area contributed by atoms with Gasteiger partial charge in [0.25, 0.3) is 0 Å². The van der Waals surface area contributed by atoms with Crippen molar-refractivity contribution < 1.29 is 26.3 Å². The molecule has 0 aliphatic heterocycles. The van der Waals surface area contributed by atoms with Gasteiger partial charge in [-0.25, -0.2) is 14.1 Å². The number of hydrogen-bond acceptors (Lipinski definition) is 2. The Bertz CT molecular complexity index is 632. The highest BCUT2D eigenvalue weighted by molar-refractivity contribution is 5.77. The fourth-order valence-electron chi connectivity index (χ4n) is 1.73. The molecule has 0 unspecified atom stereocenters. The number of rotatable bonds is 3.